The number of anilines is 1. The van der Waals surface area contributed by atoms with Crippen molar-refractivity contribution in [1.82, 2.24) is 5.32 Å². The molecule has 0 atom stereocenters. The molecular weight excluding hydrogens is 322 g/mol. The van der Waals surface area contributed by atoms with E-state index in [4.69, 9.17) is 4.74 Å². The van der Waals surface area contributed by atoms with Gasteiger partial charge in [0.15, 0.2) is 6.61 Å². The van der Waals surface area contributed by atoms with E-state index in [0.717, 1.165) is 24.1 Å². The van der Waals surface area contributed by atoms with Crippen molar-refractivity contribution in [2.24, 2.45) is 0 Å². The number of hydrogen-bond donors (Lipinski definition) is 2. The van der Waals surface area contributed by atoms with Gasteiger partial charge in [-0.1, -0.05) is 0 Å². The van der Waals surface area contributed by atoms with E-state index in [2.05, 4.69) is 21.4 Å². The van der Waals surface area contributed by atoms with E-state index in [-0.39, 0.29) is 19.1 Å². The van der Waals surface area contributed by atoms with E-state index in [1.165, 1.54) is 7.11 Å². The Labute approximate surface area is 147 Å². The van der Waals surface area contributed by atoms with Crippen LogP contribution in [0.5, 0.6) is 5.75 Å². The molecule has 7 nitrogen and oxygen atoms in total. The number of nitrogens with one attached hydrogen (secondary N) is 2. The van der Waals surface area contributed by atoms with Gasteiger partial charge in [0.1, 0.15) is 11.3 Å². The lowest BCUT2D eigenvalue weighted by atomic mass is 10.00. The van der Waals surface area contributed by atoms with Gasteiger partial charge in [-0.2, -0.15) is 5.26 Å². The normalized spacial score (nSPS) is 15.1. The minimum Gasteiger partial charge on any atom is -0.482 e. The fourth-order valence-electron chi connectivity index (χ4n) is 2.86. The second-order valence-electron chi connectivity index (χ2n) is 6.14. The van der Waals surface area contributed by atoms with E-state index in [0.29, 0.717) is 18.6 Å². The van der Waals surface area contributed by atoms with Gasteiger partial charge in [0.2, 0.25) is 5.91 Å². The number of benzene rings is 1. The highest BCUT2D eigenvalue weighted by molar-refractivity contribution is 5.82. The Kier molecular flexibility index (Phi) is 6.23. The largest absolute Gasteiger partial charge is 0.482 e. The first-order valence-corrected chi connectivity index (χ1v) is 8.24. The summed E-state index contributed by atoms with van der Waals surface area (Å²) in [5.41, 5.74) is 0.961. The van der Waals surface area contributed by atoms with Crippen molar-refractivity contribution in [2.45, 2.75) is 38.1 Å². The van der Waals surface area contributed by atoms with Crippen LogP contribution >= 0.6 is 0 Å². The van der Waals surface area contributed by atoms with Gasteiger partial charge in [-0.15, -0.1) is 0 Å². The molecule has 1 fully saturated rings. The van der Waals surface area contributed by atoms with Gasteiger partial charge in [0, 0.05) is 5.69 Å². The number of carbonyl (C=O) groups is 2. The zero-order valence-corrected chi connectivity index (χ0v) is 14.6. The number of carbonyl (C=O) groups excluding carboxylic acids is 2. The van der Waals surface area contributed by atoms with Crippen molar-refractivity contribution in [2.75, 3.05) is 25.6 Å². The molecule has 7 heteroatoms. The summed E-state index contributed by atoms with van der Waals surface area (Å²) < 4.78 is 9.84. The van der Waals surface area contributed by atoms with Gasteiger partial charge in [-0.05, 0) is 56.4 Å². The lowest BCUT2D eigenvalue weighted by Gasteiger charge is -2.22. The van der Waals surface area contributed by atoms with Crippen molar-refractivity contribution in [3.63, 3.8) is 0 Å². The lowest BCUT2D eigenvalue weighted by Crippen LogP contribution is -2.47. The maximum absolute atomic E-state index is 12.1. The molecule has 1 aliphatic carbocycles. The predicted molar refractivity (Wildman–Crippen MR) is 92.1 cm³/mol. The summed E-state index contributed by atoms with van der Waals surface area (Å²) in [6.45, 7) is 1.81. The van der Waals surface area contributed by atoms with Crippen LogP contribution in [0.25, 0.3) is 0 Å². The summed E-state index contributed by atoms with van der Waals surface area (Å²) in [4.78, 5) is 23.2. The fraction of sp³-hybridized carbons (Fsp3) is 0.500. The molecule has 0 radical (unpaired) electrons. The summed E-state index contributed by atoms with van der Waals surface area (Å²) in [5, 5.41) is 15.2. The first-order chi connectivity index (χ1) is 12.0. The average Bonchev–Trinajstić information content (AvgIpc) is 3.07. The minimum absolute atomic E-state index is 0.0899. The number of amides is 1. The summed E-state index contributed by atoms with van der Waals surface area (Å²) in [7, 11) is 1.30. The Morgan fingerprint density at radius 2 is 2.04 bits per heavy atom. The van der Waals surface area contributed by atoms with Crippen molar-refractivity contribution >= 4 is 17.6 Å². The highest BCUT2D eigenvalue weighted by Gasteiger charge is 2.35. The lowest BCUT2D eigenvalue weighted by molar-refractivity contribution is -0.142. The molecule has 1 aromatic carbocycles. The summed E-state index contributed by atoms with van der Waals surface area (Å²) >= 11 is 0. The second-order valence-corrected chi connectivity index (χ2v) is 6.14. The van der Waals surface area contributed by atoms with Gasteiger partial charge >= 0.3 is 5.97 Å². The van der Waals surface area contributed by atoms with Crippen molar-refractivity contribution in [3.05, 3.63) is 23.8 Å². The standard InChI is InChI=1S/C18H23N3O4/c1-13-9-14(25-11-17(23)24-2)5-6-15(13)20-10-16(22)21-18(12-19)7-3-4-8-18/h5-6,9,20H,3-4,7-8,10-11H2,1-2H3,(H,21,22). The smallest absolute Gasteiger partial charge is 0.343 e. The van der Waals surface area contributed by atoms with Crippen molar-refractivity contribution < 1.29 is 19.1 Å². The molecule has 134 valence electrons. The van der Waals surface area contributed by atoms with Crippen LogP contribution in [0.3, 0.4) is 0 Å². The van der Waals surface area contributed by atoms with E-state index in [1.807, 2.05) is 6.92 Å². The maximum atomic E-state index is 12.1. The first kappa shape index (κ1) is 18.6. The summed E-state index contributed by atoms with van der Waals surface area (Å²) in [6.07, 6.45) is 3.35. The molecule has 0 aromatic heterocycles. The number of nitriles is 1. The first-order valence-electron chi connectivity index (χ1n) is 8.24. The molecule has 0 unspecified atom stereocenters. The molecule has 2 rings (SSSR count). The zero-order valence-electron chi connectivity index (χ0n) is 14.6. The number of rotatable bonds is 7. The van der Waals surface area contributed by atoms with E-state index in [9.17, 15) is 14.9 Å². The van der Waals surface area contributed by atoms with Gasteiger partial charge in [0.05, 0.1) is 19.7 Å². The molecule has 1 aromatic rings. The highest BCUT2D eigenvalue weighted by atomic mass is 16.6. The quantitative estimate of drug-likeness (QED) is 0.732. The molecule has 2 N–H and O–H groups in total. The van der Waals surface area contributed by atoms with Gasteiger partial charge in [-0.3, -0.25) is 4.79 Å². The number of methoxy groups -OCH3 is 1. The Morgan fingerprint density at radius 3 is 2.64 bits per heavy atom. The molecule has 0 spiro atoms. The van der Waals surface area contributed by atoms with Crippen LogP contribution in [-0.2, 0) is 14.3 Å². The Bertz CT molecular complexity index is 675. The molecule has 1 saturated carbocycles. The van der Waals surface area contributed by atoms with E-state index >= 15 is 0 Å². The highest BCUT2D eigenvalue weighted by Crippen LogP contribution is 2.28. The van der Waals surface area contributed by atoms with Crippen LogP contribution in [0.1, 0.15) is 31.2 Å². The molecule has 1 amide bonds. The van der Waals surface area contributed by atoms with Crippen molar-refractivity contribution in [3.8, 4) is 11.8 Å². The van der Waals surface area contributed by atoms with Crippen LogP contribution in [0.15, 0.2) is 18.2 Å². The Morgan fingerprint density at radius 1 is 1.32 bits per heavy atom. The summed E-state index contributed by atoms with van der Waals surface area (Å²) in [5.74, 6) is -0.101. The number of nitrogens with zero attached hydrogens (tertiary/aromatic N) is 1. The third kappa shape index (κ3) is 5.11. The van der Waals surface area contributed by atoms with Crippen LogP contribution in [-0.4, -0.2) is 37.7 Å². The SMILES string of the molecule is COC(=O)COc1ccc(NCC(=O)NC2(C#N)CCCC2)c(C)c1. The third-order valence-corrected chi connectivity index (χ3v) is 4.27. The van der Waals surface area contributed by atoms with Crippen LogP contribution in [0, 0.1) is 18.3 Å². The van der Waals surface area contributed by atoms with Gasteiger partial charge in [-0.25, -0.2) is 4.79 Å². The number of esters is 1. The van der Waals surface area contributed by atoms with Gasteiger partial charge in [0.25, 0.3) is 0 Å². The molecule has 0 bridgehead atoms. The van der Waals surface area contributed by atoms with Crippen LogP contribution in [0.4, 0.5) is 5.69 Å². The van der Waals surface area contributed by atoms with Crippen molar-refractivity contribution in [1.29, 1.82) is 5.26 Å². The molecule has 0 aliphatic heterocycles. The zero-order chi connectivity index (χ0) is 18.3. The molecule has 0 heterocycles. The summed E-state index contributed by atoms with van der Waals surface area (Å²) in [6, 6.07) is 7.51. The van der Waals surface area contributed by atoms with E-state index < -0.39 is 11.5 Å². The molecule has 1 aliphatic rings. The van der Waals surface area contributed by atoms with E-state index in [1.54, 1.807) is 18.2 Å². The minimum atomic E-state index is -0.709. The van der Waals surface area contributed by atoms with Gasteiger partial charge < -0.3 is 20.1 Å². The monoisotopic (exact) mass is 345 g/mol. The predicted octanol–water partition coefficient (Wildman–Crippen LogP) is 1.91. The van der Waals surface area contributed by atoms with Crippen LogP contribution in [0.2, 0.25) is 0 Å². The number of ether oxygens (including phenoxy) is 2. The maximum Gasteiger partial charge on any atom is 0.343 e. The Hall–Kier alpha value is -2.75. The molecule has 25 heavy (non-hydrogen) atoms. The number of aryl methyl sites for hydroxylation is 1. The topological polar surface area (TPSA) is 100 Å². The Balaban J connectivity index is 1.87. The molecular formula is C18H23N3O4. The fourth-order valence-corrected chi connectivity index (χ4v) is 2.86. The second kappa shape index (κ2) is 8.38. The third-order valence-electron chi connectivity index (χ3n) is 4.27. The average molecular weight is 345 g/mol. The number of hydrogen-bond acceptors (Lipinski definition) is 6. The van der Waals surface area contributed by atoms with Crippen LogP contribution < -0.4 is 15.4 Å². The molecule has 0 saturated heterocycles.